The zero-order valence-corrected chi connectivity index (χ0v) is 10.6. The number of aromatic nitrogens is 2. The Morgan fingerprint density at radius 3 is 3.06 bits per heavy atom. The van der Waals surface area contributed by atoms with E-state index in [0.717, 1.165) is 15.2 Å². The average molecular weight is 253 g/mol. The molecule has 0 N–H and O–H groups in total. The topological polar surface area (TPSA) is 46.1 Å². The van der Waals surface area contributed by atoms with Gasteiger partial charge < -0.3 is 4.90 Å². The molecule has 0 unspecified atom stereocenters. The van der Waals surface area contributed by atoms with Crippen molar-refractivity contribution in [2.24, 2.45) is 0 Å². The third-order valence-electron chi connectivity index (χ3n) is 2.06. The molecule has 16 heavy (non-hydrogen) atoms. The van der Waals surface area contributed by atoms with E-state index in [1.165, 1.54) is 11.8 Å². The number of carbonyl (C=O) groups is 1. The van der Waals surface area contributed by atoms with Gasteiger partial charge in [0.15, 0.2) is 0 Å². The van der Waals surface area contributed by atoms with Crippen LogP contribution in [0.25, 0.3) is 10.2 Å². The van der Waals surface area contributed by atoms with E-state index in [2.05, 4.69) is 9.97 Å². The second-order valence-corrected chi connectivity index (χ2v) is 5.25. The van der Waals surface area contributed by atoms with Crippen LogP contribution in [0.4, 0.5) is 0 Å². The standard InChI is InChI=1S/C10H11N3OS2/c1-13(2)8(14)5-16-10-7-3-4-15-9(7)11-6-12-10/h3-4,6H,5H2,1-2H3. The van der Waals surface area contributed by atoms with Crippen molar-refractivity contribution < 1.29 is 4.79 Å². The summed E-state index contributed by atoms with van der Waals surface area (Å²) in [6.45, 7) is 0. The van der Waals surface area contributed by atoms with Crippen LogP contribution in [0.1, 0.15) is 0 Å². The summed E-state index contributed by atoms with van der Waals surface area (Å²) in [7, 11) is 3.51. The molecule has 0 aliphatic heterocycles. The lowest BCUT2D eigenvalue weighted by molar-refractivity contribution is -0.125. The second-order valence-electron chi connectivity index (χ2n) is 3.40. The Balaban J connectivity index is 2.15. The van der Waals surface area contributed by atoms with Crippen LogP contribution in [0.2, 0.25) is 0 Å². The maximum absolute atomic E-state index is 11.5. The van der Waals surface area contributed by atoms with E-state index in [9.17, 15) is 4.79 Å². The molecule has 2 heterocycles. The van der Waals surface area contributed by atoms with Crippen LogP contribution in [0.3, 0.4) is 0 Å². The fourth-order valence-corrected chi connectivity index (χ4v) is 2.90. The molecule has 2 aromatic rings. The molecule has 0 aromatic carbocycles. The number of carbonyl (C=O) groups excluding carboxylic acids is 1. The van der Waals surface area contributed by atoms with Gasteiger partial charge in [0.1, 0.15) is 16.2 Å². The first-order valence-corrected chi connectivity index (χ1v) is 6.56. The SMILES string of the molecule is CN(C)C(=O)CSc1ncnc2sccc12. The highest BCUT2D eigenvalue weighted by Gasteiger charge is 2.09. The molecule has 0 saturated heterocycles. The third kappa shape index (κ3) is 2.33. The summed E-state index contributed by atoms with van der Waals surface area (Å²) >= 11 is 3.04. The summed E-state index contributed by atoms with van der Waals surface area (Å²) in [6.07, 6.45) is 1.54. The Hall–Kier alpha value is -1.14. The van der Waals surface area contributed by atoms with Crippen molar-refractivity contribution in [3.63, 3.8) is 0 Å². The number of thiophene rings is 1. The minimum Gasteiger partial charge on any atom is -0.348 e. The molecular formula is C10H11N3OS2. The molecular weight excluding hydrogens is 242 g/mol. The quantitative estimate of drug-likeness (QED) is 0.619. The van der Waals surface area contributed by atoms with E-state index in [4.69, 9.17) is 0 Å². The predicted octanol–water partition coefficient (Wildman–Crippen LogP) is 1.87. The lowest BCUT2D eigenvalue weighted by Gasteiger charge is -2.09. The van der Waals surface area contributed by atoms with Crippen molar-refractivity contribution in [1.29, 1.82) is 0 Å². The molecule has 0 radical (unpaired) electrons. The number of rotatable bonds is 3. The summed E-state index contributed by atoms with van der Waals surface area (Å²) in [6, 6.07) is 1.99. The largest absolute Gasteiger partial charge is 0.348 e. The zero-order chi connectivity index (χ0) is 11.5. The molecule has 0 fully saturated rings. The number of nitrogens with zero attached hydrogens (tertiary/aromatic N) is 3. The van der Waals surface area contributed by atoms with Gasteiger partial charge in [-0.1, -0.05) is 11.8 Å². The molecule has 0 spiro atoms. The van der Waals surface area contributed by atoms with Gasteiger partial charge in [-0.25, -0.2) is 9.97 Å². The Labute approximate surface area is 102 Å². The van der Waals surface area contributed by atoms with E-state index >= 15 is 0 Å². The van der Waals surface area contributed by atoms with Gasteiger partial charge in [-0.05, 0) is 11.4 Å². The zero-order valence-electron chi connectivity index (χ0n) is 9.01. The summed E-state index contributed by atoms with van der Waals surface area (Å²) in [5.74, 6) is 0.501. The molecule has 0 aliphatic rings. The minimum absolute atomic E-state index is 0.0898. The molecule has 0 bridgehead atoms. The molecule has 0 atom stereocenters. The van der Waals surface area contributed by atoms with Gasteiger partial charge in [-0.15, -0.1) is 11.3 Å². The summed E-state index contributed by atoms with van der Waals surface area (Å²) < 4.78 is 0. The minimum atomic E-state index is 0.0898. The molecule has 2 rings (SSSR count). The number of hydrogen-bond acceptors (Lipinski definition) is 5. The molecule has 84 valence electrons. The van der Waals surface area contributed by atoms with Crippen LogP contribution in [0, 0.1) is 0 Å². The normalized spacial score (nSPS) is 10.6. The first-order valence-electron chi connectivity index (χ1n) is 4.69. The number of fused-ring (bicyclic) bond motifs is 1. The monoisotopic (exact) mass is 253 g/mol. The van der Waals surface area contributed by atoms with E-state index < -0.39 is 0 Å². The fraction of sp³-hybridized carbons (Fsp3) is 0.300. The van der Waals surface area contributed by atoms with Gasteiger partial charge in [0, 0.05) is 19.5 Å². The predicted molar refractivity (Wildman–Crippen MR) is 66.8 cm³/mol. The van der Waals surface area contributed by atoms with Crippen LogP contribution < -0.4 is 0 Å². The van der Waals surface area contributed by atoms with Crippen LogP contribution in [0.5, 0.6) is 0 Å². The van der Waals surface area contributed by atoms with Crippen LogP contribution in [-0.2, 0) is 4.79 Å². The molecule has 4 nitrogen and oxygen atoms in total. The highest BCUT2D eigenvalue weighted by molar-refractivity contribution is 8.00. The van der Waals surface area contributed by atoms with Crippen LogP contribution in [-0.4, -0.2) is 40.6 Å². The Kier molecular flexibility index (Phi) is 3.40. The maximum atomic E-state index is 11.5. The van der Waals surface area contributed by atoms with Crippen molar-refractivity contribution >= 4 is 39.2 Å². The van der Waals surface area contributed by atoms with Gasteiger partial charge in [0.05, 0.1) is 5.75 Å². The first-order chi connectivity index (χ1) is 7.68. The molecule has 0 aliphatic carbocycles. The number of hydrogen-bond donors (Lipinski definition) is 0. The van der Waals surface area contributed by atoms with Crippen molar-refractivity contribution in [3.8, 4) is 0 Å². The van der Waals surface area contributed by atoms with E-state index in [-0.39, 0.29) is 5.91 Å². The lowest BCUT2D eigenvalue weighted by atomic mass is 10.4. The Morgan fingerprint density at radius 1 is 1.50 bits per heavy atom. The highest BCUT2D eigenvalue weighted by atomic mass is 32.2. The van der Waals surface area contributed by atoms with Gasteiger partial charge in [0.25, 0.3) is 0 Å². The van der Waals surface area contributed by atoms with E-state index in [1.54, 1.807) is 36.7 Å². The summed E-state index contributed by atoms with van der Waals surface area (Å²) in [5.41, 5.74) is 0. The Morgan fingerprint density at radius 2 is 2.31 bits per heavy atom. The lowest BCUT2D eigenvalue weighted by Crippen LogP contribution is -2.23. The number of amides is 1. The van der Waals surface area contributed by atoms with E-state index in [1.807, 2.05) is 11.4 Å². The smallest absolute Gasteiger partial charge is 0.232 e. The molecule has 0 saturated carbocycles. The molecule has 1 amide bonds. The van der Waals surface area contributed by atoms with Crippen molar-refractivity contribution in [3.05, 3.63) is 17.8 Å². The molecule has 6 heteroatoms. The van der Waals surface area contributed by atoms with E-state index in [0.29, 0.717) is 5.75 Å². The van der Waals surface area contributed by atoms with Crippen molar-refractivity contribution in [2.45, 2.75) is 5.03 Å². The molecule has 2 aromatic heterocycles. The second kappa shape index (κ2) is 4.80. The fourth-order valence-electron chi connectivity index (χ4n) is 1.14. The summed E-state index contributed by atoms with van der Waals surface area (Å²) in [4.78, 5) is 22.4. The van der Waals surface area contributed by atoms with Gasteiger partial charge in [0.2, 0.25) is 5.91 Å². The first kappa shape index (κ1) is 11.3. The van der Waals surface area contributed by atoms with Crippen LogP contribution >= 0.6 is 23.1 Å². The Bertz CT molecular complexity index is 509. The van der Waals surface area contributed by atoms with Gasteiger partial charge >= 0.3 is 0 Å². The van der Waals surface area contributed by atoms with Gasteiger partial charge in [-0.3, -0.25) is 4.79 Å². The van der Waals surface area contributed by atoms with Gasteiger partial charge in [-0.2, -0.15) is 0 Å². The highest BCUT2D eigenvalue weighted by Crippen LogP contribution is 2.27. The maximum Gasteiger partial charge on any atom is 0.232 e. The van der Waals surface area contributed by atoms with Crippen LogP contribution in [0.15, 0.2) is 22.8 Å². The summed E-state index contributed by atoms with van der Waals surface area (Å²) in [5, 5.41) is 3.89. The number of thioether (sulfide) groups is 1. The average Bonchev–Trinajstić information content (AvgIpc) is 2.73. The van der Waals surface area contributed by atoms with Crippen molar-refractivity contribution in [2.75, 3.05) is 19.8 Å². The van der Waals surface area contributed by atoms with Crippen molar-refractivity contribution in [1.82, 2.24) is 14.9 Å². The third-order valence-corrected chi connectivity index (χ3v) is 3.87.